The van der Waals surface area contributed by atoms with Crippen molar-refractivity contribution in [2.45, 2.75) is 44.6 Å². The van der Waals surface area contributed by atoms with Crippen molar-refractivity contribution in [3.05, 3.63) is 33.3 Å². The number of quaternary nitrogens is 1. The number of nitrogens with one attached hydrogen (secondary N) is 1. The second-order valence-electron chi connectivity index (χ2n) is 7.76. The summed E-state index contributed by atoms with van der Waals surface area (Å²) >= 11 is 2.99. The molecular weight excluding hydrogens is 551 g/mol. The summed E-state index contributed by atoms with van der Waals surface area (Å²) in [4.78, 5) is 15.8. The molecule has 1 atom stereocenters. The lowest BCUT2D eigenvalue weighted by Gasteiger charge is -2.30. The number of aliphatic hydroxyl groups excluding tert-OH is 1. The molecular formula is C19H30BrF3N3O9+. The molecule has 0 fully saturated rings. The summed E-state index contributed by atoms with van der Waals surface area (Å²) in [5.41, 5.74) is -1.66. The number of rotatable bonds is 6. The van der Waals surface area contributed by atoms with Crippen molar-refractivity contribution in [3.63, 3.8) is 0 Å². The molecule has 16 heteroatoms. The van der Waals surface area contributed by atoms with E-state index in [1.165, 1.54) is 6.07 Å². The summed E-state index contributed by atoms with van der Waals surface area (Å²) in [5.74, 6) is 1.37. The van der Waals surface area contributed by atoms with Gasteiger partial charge in [-0.05, 0) is 39.0 Å². The molecule has 0 aromatic heterocycles. The van der Waals surface area contributed by atoms with Crippen LogP contribution >= 0.6 is 15.9 Å². The molecule has 0 saturated carbocycles. The number of carbonyl (C=O) groups is 1. The number of β-amino-alcohol motifs (C(OH)–C–C–N with tert-alkyl or cyclic N) is 1. The highest BCUT2D eigenvalue weighted by molar-refractivity contribution is 9.10. The van der Waals surface area contributed by atoms with Crippen LogP contribution in [0.3, 0.4) is 0 Å². The van der Waals surface area contributed by atoms with E-state index in [2.05, 4.69) is 63.4 Å². The van der Waals surface area contributed by atoms with Gasteiger partial charge >= 0.3 is 18.1 Å². The molecule has 1 aromatic rings. The van der Waals surface area contributed by atoms with Crippen LogP contribution in [0.2, 0.25) is 0 Å². The number of halogens is 4. The van der Waals surface area contributed by atoms with Crippen LogP contribution in [-0.4, -0.2) is 69.4 Å². The Morgan fingerprint density at radius 1 is 1.23 bits per heavy atom. The minimum absolute atomic E-state index is 0.132. The maximum absolute atomic E-state index is 13.2. The second-order valence-corrected chi connectivity index (χ2v) is 8.68. The van der Waals surface area contributed by atoms with Crippen molar-refractivity contribution >= 4 is 28.0 Å². The molecule has 0 bridgehead atoms. The van der Waals surface area contributed by atoms with Crippen LogP contribution in [0.15, 0.2) is 22.2 Å². The first-order valence-corrected chi connectivity index (χ1v) is 10.4. The number of aliphatic hydroxyl groups is 4. The number of fused-ring (bicyclic) bond motifs is 1. The van der Waals surface area contributed by atoms with Crippen molar-refractivity contribution in [3.8, 4) is 5.75 Å². The number of benzene rings is 1. The van der Waals surface area contributed by atoms with E-state index in [0.717, 1.165) is 12.1 Å². The third-order valence-electron chi connectivity index (χ3n) is 3.83. The molecule has 202 valence electrons. The summed E-state index contributed by atoms with van der Waals surface area (Å²) in [7, 11) is 0. The van der Waals surface area contributed by atoms with Crippen molar-refractivity contribution in [1.29, 1.82) is 0 Å². The monoisotopic (exact) mass is 580 g/mol. The molecule has 0 saturated heterocycles. The highest BCUT2D eigenvalue weighted by Gasteiger charge is 2.50. The molecule has 1 aromatic carbocycles. The molecule has 0 aliphatic carbocycles. The fourth-order valence-electron chi connectivity index (χ4n) is 2.54. The average Bonchev–Trinajstić information content (AvgIpc) is 2.74. The zero-order chi connectivity index (χ0) is 27.6. The average molecular weight is 581 g/mol. The molecule has 1 aliphatic rings. The third kappa shape index (κ3) is 11.2. The number of hydrogen-bond acceptors (Lipinski definition) is 11. The van der Waals surface area contributed by atoms with Gasteiger partial charge in [0.2, 0.25) is 12.9 Å². The molecule has 2 rings (SSSR count). The maximum atomic E-state index is 13.2. The Hall–Kier alpha value is -1.86. The molecule has 1 unspecified atom stereocenters. The summed E-state index contributed by atoms with van der Waals surface area (Å²) in [6, 6.07) is 2.19. The van der Waals surface area contributed by atoms with Crippen LogP contribution in [0.4, 0.5) is 13.2 Å². The van der Waals surface area contributed by atoms with Gasteiger partial charge < -0.3 is 35.2 Å². The Balaban J connectivity index is 0.000000982. The van der Waals surface area contributed by atoms with Gasteiger partial charge in [-0.3, -0.25) is 4.84 Å². The van der Waals surface area contributed by atoms with Crippen molar-refractivity contribution < 1.29 is 63.8 Å². The van der Waals surface area contributed by atoms with E-state index in [4.69, 9.17) is 15.1 Å². The summed E-state index contributed by atoms with van der Waals surface area (Å²) in [6.45, 7) is 6.33. The van der Waals surface area contributed by atoms with E-state index in [1.807, 2.05) is 0 Å². The van der Waals surface area contributed by atoms with Crippen molar-refractivity contribution in [1.82, 2.24) is 5.32 Å². The van der Waals surface area contributed by atoms with Gasteiger partial charge in [0.1, 0.15) is 5.75 Å². The smallest absolute Gasteiger partial charge is 0.430 e. The van der Waals surface area contributed by atoms with Gasteiger partial charge in [-0.1, -0.05) is 15.9 Å². The fraction of sp³-hybridized carbons (Fsp3) is 0.526. The molecule has 0 spiro atoms. The lowest BCUT2D eigenvalue weighted by molar-refractivity contribution is -0.670. The fourth-order valence-corrected chi connectivity index (χ4v) is 3.01. The largest absolute Gasteiger partial charge is 0.475 e. The van der Waals surface area contributed by atoms with Gasteiger partial charge in [0.15, 0.2) is 0 Å². The molecule has 1 heterocycles. The maximum Gasteiger partial charge on any atom is 0.430 e. The summed E-state index contributed by atoms with van der Waals surface area (Å²) in [5, 5.41) is 46.2. The summed E-state index contributed by atoms with van der Waals surface area (Å²) in [6.07, 6.45) is -7.03. The first-order valence-electron chi connectivity index (χ1n) is 9.63. The van der Waals surface area contributed by atoms with Gasteiger partial charge in [-0.2, -0.15) is 13.2 Å². The molecule has 0 amide bonds. The third-order valence-corrected chi connectivity index (χ3v) is 4.29. The van der Waals surface area contributed by atoms with Gasteiger partial charge in [0, 0.05) is 22.1 Å². The Labute approximate surface area is 206 Å². The number of esters is 1. The number of carbonyl (C=O) groups excluding carboxylic acids is 1. The number of alkyl halides is 3. The number of ether oxygens (including phenoxy) is 2. The van der Waals surface area contributed by atoms with Crippen molar-refractivity contribution in [2.24, 2.45) is 5.90 Å². The first-order chi connectivity index (χ1) is 16.0. The van der Waals surface area contributed by atoms with Crippen LogP contribution < -0.4 is 21.8 Å². The van der Waals surface area contributed by atoms with E-state index >= 15 is 0 Å². The van der Waals surface area contributed by atoms with Gasteiger partial charge in [-0.15, -0.1) is 0 Å². The highest BCUT2D eigenvalue weighted by atomic mass is 79.9. The Bertz CT molecular complexity index is 857. The van der Waals surface area contributed by atoms with E-state index in [9.17, 15) is 33.3 Å². The lowest BCUT2D eigenvalue weighted by atomic mass is 9.98. The van der Waals surface area contributed by atoms with E-state index in [0.29, 0.717) is 6.54 Å². The van der Waals surface area contributed by atoms with Crippen LogP contribution in [0.1, 0.15) is 31.9 Å². The molecule has 12 nitrogen and oxygen atoms in total. The zero-order valence-corrected chi connectivity index (χ0v) is 20.7. The minimum atomic E-state index is -5.04. The Morgan fingerprint density at radius 2 is 1.80 bits per heavy atom. The quantitative estimate of drug-likeness (QED) is 0.123. The van der Waals surface area contributed by atoms with Crippen LogP contribution in [0, 0.1) is 0 Å². The predicted molar refractivity (Wildman–Crippen MR) is 117 cm³/mol. The molecule has 0 radical (unpaired) electrons. The second kappa shape index (κ2) is 14.0. The van der Waals surface area contributed by atoms with Crippen LogP contribution in [0.25, 0.3) is 6.08 Å². The van der Waals surface area contributed by atoms with Gasteiger partial charge in [-0.25, -0.2) is 21.8 Å². The topological polar surface area (TPSA) is 212 Å². The van der Waals surface area contributed by atoms with Crippen molar-refractivity contribution in [2.75, 3.05) is 19.9 Å². The molecule has 35 heavy (non-hydrogen) atoms. The number of nitrogens with two attached hydrogens (primary N) is 1. The number of hydrogen-bond donors (Lipinski definition) is 8. The van der Waals surface area contributed by atoms with Crippen LogP contribution in [-0.2, 0) is 20.3 Å². The van der Waals surface area contributed by atoms with E-state index < -0.39 is 47.9 Å². The molecule has 11 N–H and O–H groups in total. The zero-order valence-electron chi connectivity index (χ0n) is 19.1. The Morgan fingerprint density at radius 3 is 2.20 bits per heavy atom. The van der Waals surface area contributed by atoms with E-state index in [-0.39, 0.29) is 22.2 Å². The predicted octanol–water partition coefficient (Wildman–Crippen LogP) is -0.382. The lowest BCUT2D eigenvalue weighted by Crippen LogP contribution is -2.42. The Kier molecular flexibility index (Phi) is 13.3. The van der Waals surface area contributed by atoms with E-state index in [1.54, 1.807) is 0 Å². The molecule has 1 aliphatic heterocycles. The SMILES string of the molecule is CC(C)(C)NCCO.NOCOC(=O)C1=Cc2cc(Br)cc(C(O)(O)O)c2OC1C(F)(F)F.[NH3+]O. The standard InChI is InChI=1S/C13H11BrF3NO7.C6H15NO.H4NO/c14-6-1-5-2-7(11(19)23-4-24-18)10(12(15,16)17)25-9(5)8(3-6)13(20,21)22;1-6(2,3)7-4-5-8;1-2/h1-3,10,20-22H,4,18H2;7-8H,4-5H2,1-3H3;2H,1H3/q;;+1. The summed E-state index contributed by atoms with van der Waals surface area (Å²) < 4.78 is 49.1. The van der Waals surface area contributed by atoms with Gasteiger partial charge in [0.25, 0.3) is 0 Å². The first kappa shape index (κ1) is 33.1. The normalized spacial score (nSPS) is 15.4. The highest BCUT2D eigenvalue weighted by Crippen LogP contribution is 2.42. The minimum Gasteiger partial charge on any atom is -0.475 e. The van der Waals surface area contributed by atoms with Gasteiger partial charge in [0.05, 0.1) is 17.7 Å². The van der Waals surface area contributed by atoms with Crippen LogP contribution in [0.5, 0.6) is 5.75 Å².